The molecule has 1 N–H and O–H groups in total. The lowest BCUT2D eigenvalue weighted by atomic mass is 10.1. The fourth-order valence-corrected chi connectivity index (χ4v) is 2.59. The molecule has 0 radical (unpaired) electrons. The third kappa shape index (κ3) is 5.15. The molecule has 1 aromatic heterocycles. The molecule has 0 saturated heterocycles. The number of aryl methyl sites for hydroxylation is 1. The van der Waals surface area contributed by atoms with E-state index in [0.29, 0.717) is 6.04 Å². The standard InChI is InChI=1S/C13H25N3S/c1-5-7-13(8-14-6-2)16(4)9-12-10-17-11(3)15-12/h10,13-14H,5-9H2,1-4H3. The van der Waals surface area contributed by atoms with E-state index in [-0.39, 0.29) is 0 Å². The SMILES string of the molecule is CCCC(CNCC)N(C)Cc1csc(C)n1. The van der Waals surface area contributed by atoms with Crippen molar-refractivity contribution in [3.05, 3.63) is 16.1 Å². The first-order valence-electron chi connectivity index (χ1n) is 6.49. The van der Waals surface area contributed by atoms with Gasteiger partial charge in [0.1, 0.15) is 0 Å². The molecule has 17 heavy (non-hydrogen) atoms. The van der Waals surface area contributed by atoms with Crippen molar-refractivity contribution in [2.45, 2.75) is 46.2 Å². The van der Waals surface area contributed by atoms with E-state index in [4.69, 9.17) is 0 Å². The summed E-state index contributed by atoms with van der Waals surface area (Å²) < 4.78 is 0. The number of nitrogens with one attached hydrogen (secondary N) is 1. The molecule has 1 atom stereocenters. The summed E-state index contributed by atoms with van der Waals surface area (Å²) >= 11 is 1.74. The number of hydrogen-bond donors (Lipinski definition) is 1. The van der Waals surface area contributed by atoms with E-state index in [9.17, 15) is 0 Å². The molecule has 1 rings (SSSR count). The van der Waals surface area contributed by atoms with Crippen LogP contribution in [-0.2, 0) is 6.54 Å². The summed E-state index contributed by atoms with van der Waals surface area (Å²) in [6.07, 6.45) is 2.48. The summed E-state index contributed by atoms with van der Waals surface area (Å²) in [7, 11) is 2.20. The molecule has 0 fully saturated rings. The average molecular weight is 255 g/mol. The van der Waals surface area contributed by atoms with Crippen molar-refractivity contribution < 1.29 is 0 Å². The Morgan fingerprint density at radius 2 is 2.24 bits per heavy atom. The molecule has 4 heteroatoms. The summed E-state index contributed by atoms with van der Waals surface area (Å²) in [4.78, 5) is 6.95. The van der Waals surface area contributed by atoms with Crippen LogP contribution in [0.5, 0.6) is 0 Å². The van der Waals surface area contributed by atoms with E-state index < -0.39 is 0 Å². The zero-order valence-corrected chi connectivity index (χ0v) is 12.3. The lowest BCUT2D eigenvalue weighted by molar-refractivity contribution is 0.214. The zero-order chi connectivity index (χ0) is 12.7. The Balaban J connectivity index is 2.48. The highest BCUT2D eigenvalue weighted by Gasteiger charge is 2.14. The maximum Gasteiger partial charge on any atom is 0.0897 e. The van der Waals surface area contributed by atoms with Gasteiger partial charge in [0.05, 0.1) is 10.7 Å². The van der Waals surface area contributed by atoms with Crippen molar-refractivity contribution in [3.8, 4) is 0 Å². The van der Waals surface area contributed by atoms with E-state index in [1.807, 2.05) is 0 Å². The Morgan fingerprint density at radius 1 is 1.47 bits per heavy atom. The Labute approximate surface area is 109 Å². The second kappa shape index (κ2) is 7.80. The molecule has 98 valence electrons. The molecule has 0 aliphatic rings. The molecule has 0 spiro atoms. The summed E-state index contributed by atoms with van der Waals surface area (Å²) in [5, 5.41) is 6.77. The van der Waals surface area contributed by atoms with Gasteiger partial charge in [-0.2, -0.15) is 0 Å². The largest absolute Gasteiger partial charge is 0.315 e. The smallest absolute Gasteiger partial charge is 0.0897 e. The maximum atomic E-state index is 4.53. The van der Waals surface area contributed by atoms with Crippen LogP contribution < -0.4 is 5.32 Å². The average Bonchev–Trinajstić information content (AvgIpc) is 2.70. The molecule has 1 unspecified atom stereocenters. The van der Waals surface area contributed by atoms with E-state index >= 15 is 0 Å². The van der Waals surface area contributed by atoms with Crippen LogP contribution in [-0.4, -0.2) is 36.1 Å². The topological polar surface area (TPSA) is 28.2 Å². The lowest BCUT2D eigenvalue weighted by Crippen LogP contribution is -2.39. The van der Waals surface area contributed by atoms with Crippen molar-refractivity contribution in [3.63, 3.8) is 0 Å². The van der Waals surface area contributed by atoms with Gasteiger partial charge in [-0.25, -0.2) is 4.98 Å². The monoisotopic (exact) mass is 255 g/mol. The van der Waals surface area contributed by atoms with Crippen LogP contribution in [0.4, 0.5) is 0 Å². The van der Waals surface area contributed by atoms with Gasteiger partial charge in [0, 0.05) is 24.5 Å². The van der Waals surface area contributed by atoms with Crippen molar-refractivity contribution in [2.75, 3.05) is 20.1 Å². The number of likely N-dealkylation sites (N-methyl/N-ethyl adjacent to an activating group) is 2. The van der Waals surface area contributed by atoms with Crippen molar-refractivity contribution in [2.24, 2.45) is 0 Å². The van der Waals surface area contributed by atoms with Gasteiger partial charge in [0.25, 0.3) is 0 Å². The van der Waals surface area contributed by atoms with Crippen LogP contribution in [0.15, 0.2) is 5.38 Å². The molecular formula is C13H25N3S. The lowest BCUT2D eigenvalue weighted by Gasteiger charge is -2.27. The first-order chi connectivity index (χ1) is 8.17. The molecule has 0 aliphatic carbocycles. The Hall–Kier alpha value is -0.450. The molecule has 0 aromatic carbocycles. The van der Waals surface area contributed by atoms with E-state index in [1.165, 1.54) is 18.5 Å². The van der Waals surface area contributed by atoms with Gasteiger partial charge in [-0.05, 0) is 26.9 Å². The second-order valence-electron chi connectivity index (χ2n) is 4.52. The third-order valence-electron chi connectivity index (χ3n) is 2.95. The molecule has 1 aromatic rings. The van der Waals surface area contributed by atoms with Gasteiger partial charge in [-0.3, -0.25) is 4.90 Å². The molecule has 0 aliphatic heterocycles. The number of aromatic nitrogens is 1. The Kier molecular flexibility index (Phi) is 6.70. The fourth-order valence-electron chi connectivity index (χ4n) is 1.99. The van der Waals surface area contributed by atoms with Crippen LogP contribution in [0, 0.1) is 6.92 Å². The normalized spacial score (nSPS) is 13.2. The summed E-state index contributed by atoms with van der Waals surface area (Å²) in [5.74, 6) is 0. The molecular weight excluding hydrogens is 230 g/mol. The zero-order valence-electron chi connectivity index (χ0n) is 11.5. The Morgan fingerprint density at radius 3 is 2.76 bits per heavy atom. The fraction of sp³-hybridized carbons (Fsp3) is 0.769. The second-order valence-corrected chi connectivity index (χ2v) is 5.59. The van der Waals surface area contributed by atoms with Gasteiger partial charge in [0.2, 0.25) is 0 Å². The van der Waals surface area contributed by atoms with E-state index in [1.54, 1.807) is 11.3 Å². The highest BCUT2D eigenvalue weighted by atomic mass is 32.1. The van der Waals surface area contributed by atoms with Gasteiger partial charge in [-0.15, -0.1) is 11.3 Å². The van der Waals surface area contributed by atoms with Gasteiger partial charge in [0.15, 0.2) is 0 Å². The number of rotatable bonds is 8. The van der Waals surface area contributed by atoms with Crippen molar-refractivity contribution in [1.82, 2.24) is 15.2 Å². The Bertz CT molecular complexity index is 311. The molecule has 3 nitrogen and oxygen atoms in total. The summed E-state index contributed by atoms with van der Waals surface area (Å²) in [5.41, 5.74) is 1.20. The summed E-state index contributed by atoms with van der Waals surface area (Å²) in [6.45, 7) is 9.55. The quantitative estimate of drug-likeness (QED) is 0.774. The number of nitrogens with zero attached hydrogens (tertiary/aromatic N) is 2. The highest BCUT2D eigenvalue weighted by molar-refractivity contribution is 7.09. The van der Waals surface area contributed by atoms with Crippen LogP contribution in [0.25, 0.3) is 0 Å². The molecule has 1 heterocycles. The van der Waals surface area contributed by atoms with Crippen LogP contribution in [0.2, 0.25) is 0 Å². The number of hydrogen-bond acceptors (Lipinski definition) is 4. The minimum atomic E-state index is 0.613. The predicted molar refractivity (Wildman–Crippen MR) is 75.6 cm³/mol. The minimum Gasteiger partial charge on any atom is -0.315 e. The van der Waals surface area contributed by atoms with Crippen molar-refractivity contribution in [1.29, 1.82) is 0 Å². The molecule has 0 saturated carbocycles. The van der Waals surface area contributed by atoms with E-state index in [2.05, 4.69) is 48.4 Å². The van der Waals surface area contributed by atoms with Crippen LogP contribution in [0.1, 0.15) is 37.4 Å². The maximum absolute atomic E-state index is 4.53. The van der Waals surface area contributed by atoms with Gasteiger partial charge in [-0.1, -0.05) is 20.3 Å². The van der Waals surface area contributed by atoms with Gasteiger partial charge >= 0.3 is 0 Å². The summed E-state index contributed by atoms with van der Waals surface area (Å²) in [6, 6.07) is 0.613. The van der Waals surface area contributed by atoms with Crippen molar-refractivity contribution >= 4 is 11.3 Å². The number of thiazole rings is 1. The highest BCUT2D eigenvalue weighted by Crippen LogP contribution is 2.13. The van der Waals surface area contributed by atoms with Crippen LogP contribution in [0.3, 0.4) is 0 Å². The first kappa shape index (κ1) is 14.6. The van der Waals surface area contributed by atoms with Gasteiger partial charge < -0.3 is 5.32 Å². The van der Waals surface area contributed by atoms with Crippen LogP contribution >= 0.6 is 11.3 Å². The van der Waals surface area contributed by atoms with E-state index in [0.717, 1.165) is 24.6 Å². The minimum absolute atomic E-state index is 0.613. The predicted octanol–water partition coefficient (Wildman–Crippen LogP) is 2.66. The third-order valence-corrected chi connectivity index (χ3v) is 3.78. The first-order valence-corrected chi connectivity index (χ1v) is 7.37. The molecule has 0 bridgehead atoms. The molecule has 0 amide bonds.